The number of fused-ring (bicyclic) bond motifs is 1. The summed E-state index contributed by atoms with van der Waals surface area (Å²) in [5.74, 6) is 1.55. The third-order valence-electron chi connectivity index (χ3n) is 4.72. The Hall–Kier alpha value is -2.78. The van der Waals surface area contributed by atoms with Gasteiger partial charge >= 0.3 is 0 Å². The number of aliphatic imine (C=N–C) groups is 1. The lowest BCUT2D eigenvalue weighted by molar-refractivity contribution is 0.319. The van der Waals surface area contributed by atoms with E-state index in [1.807, 2.05) is 13.8 Å². The number of hydrogen-bond donors (Lipinski definition) is 2. The van der Waals surface area contributed by atoms with E-state index in [-0.39, 0.29) is 6.61 Å². The van der Waals surface area contributed by atoms with Gasteiger partial charge in [-0.3, -0.25) is 0 Å². The van der Waals surface area contributed by atoms with Crippen molar-refractivity contribution in [2.24, 2.45) is 10.7 Å². The van der Waals surface area contributed by atoms with Crippen molar-refractivity contribution < 1.29 is 9.47 Å². The van der Waals surface area contributed by atoms with E-state index < -0.39 is 0 Å². The molecule has 10 heteroatoms. The Morgan fingerprint density at radius 1 is 1.16 bits per heavy atom. The average molecular weight is 579 g/mol. The smallest absolute Gasteiger partial charge is 0.163 e. The highest BCUT2D eigenvalue weighted by atomic mass is 35.5. The number of nitrogens with zero attached hydrogens (tertiary/aromatic N) is 3. The van der Waals surface area contributed by atoms with Gasteiger partial charge in [-0.1, -0.05) is 74.6 Å². The van der Waals surface area contributed by atoms with Crippen LogP contribution in [0.5, 0.6) is 11.5 Å². The standard InChI is InChI=1S/C26H31Cl2N5O2S.C2H6/c1-6-20(27)21(28)12-17(3)33-26-19-13-23(34-5)24(14-22(19)30-16-31-26)35-15-18(4)32-25(36-7-2)10-8-9-11-29;1-2/h6-7,12-14,16H,2-4,8-11,15,29H2,1,5H3,(H,30,31,33);1-2H3/b20-6+,21-12+,32-25?;. The van der Waals surface area contributed by atoms with Crippen molar-refractivity contribution in [1.29, 1.82) is 0 Å². The SMILES string of the molecule is C=CSC(CCCCN)=NC(=C)COc1cc2ncnc(NC(=C)/C=C(Cl)\C(Cl)=C/C)c2cc1OC.CC. The van der Waals surface area contributed by atoms with Gasteiger partial charge < -0.3 is 20.5 Å². The molecule has 1 aromatic heterocycles. The molecular weight excluding hydrogens is 541 g/mol. The highest BCUT2D eigenvalue weighted by Crippen LogP contribution is 2.34. The summed E-state index contributed by atoms with van der Waals surface area (Å²) in [4.78, 5) is 13.3. The first-order valence-electron chi connectivity index (χ1n) is 12.2. The number of rotatable bonds is 14. The quantitative estimate of drug-likeness (QED) is 0.101. The van der Waals surface area contributed by atoms with E-state index in [1.54, 1.807) is 43.7 Å². The monoisotopic (exact) mass is 577 g/mol. The fourth-order valence-electron chi connectivity index (χ4n) is 3.01. The molecule has 0 aliphatic carbocycles. The number of halogens is 2. The molecule has 2 rings (SSSR count). The summed E-state index contributed by atoms with van der Waals surface area (Å²) in [5, 5.41) is 7.30. The summed E-state index contributed by atoms with van der Waals surface area (Å²) < 4.78 is 11.5. The summed E-state index contributed by atoms with van der Waals surface area (Å²) in [5.41, 5.74) is 7.33. The number of nitrogens with one attached hydrogen (secondary N) is 1. The van der Waals surface area contributed by atoms with Crippen LogP contribution in [0, 0.1) is 0 Å². The second kappa shape index (κ2) is 18.5. The molecular formula is C28H37Cl2N5O2S. The number of aromatic nitrogens is 2. The molecule has 1 aromatic carbocycles. The highest BCUT2D eigenvalue weighted by molar-refractivity contribution is 8.16. The Bertz CT molecular complexity index is 1200. The normalized spacial score (nSPS) is 11.9. The summed E-state index contributed by atoms with van der Waals surface area (Å²) >= 11 is 13.7. The molecule has 0 saturated carbocycles. The van der Waals surface area contributed by atoms with Gasteiger partial charge in [-0.2, -0.15) is 0 Å². The van der Waals surface area contributed by atoms with Gasteiger partial charge in [-0.15, -0.1) is 0 Å². The number of anilines is 1. The predicted octanol–water partition coefficient (Wildman–Crippen LogP) is 8.15. The van der Waals surface area contributed by atoms with E-state index in [2.05, 4.69) is 40.0 Å². The van der Waals surface area contributed by atoms with Crippen molar-refractivity contribution in [1.82, 2.24) is 9.97 Å². The Kier molecular flexibility index (Phi) is 16.2. The molecule has 0 amide bonds. The lowest BCUT2D eigenvalue weighted by atomic mass is 10.2. The molecule has 2 aromatic rings. The number of nitrogens with two attached hydrogens (primary N) is 1. The van der Waals surface area contributed by atoms with E-state index in [0.29, 0.717) is 56.2 Å². The maximum absolute atomic E-state index is 6.18. The number of unbranched alkanes of at least 4 members (excludes halogenated alkanes) is 1. The van der Waals surface area contributed by atoms with E-state index in [0.717, 1.165) is 24.3 Å². The number of allylic oxidation sites excluding steroid dienone is 4. The molecule has 0 unspecified atom stereocenters. The lowest BCUT2D eigenvalue weighted by Crippen LogP contribution is -2.04. The zero-order valence-corrected chi connectivity index (χ0v) is 24.8. The second-order valence-corrected chi connectivity index (χ2v) is 9.27. The molecule has 7 nitrogen and oxygen atoms in total. The minimum absolute atomic E-state index is 0.182. The zero-order chi connectivity index (χ0) is 28.5. The molecule has 0 spiro atoms. The van der Waals surface area contributed by atoms with Crippen LogP contribution >= 0.6 is 35.0 Å². The van der Waals surface area contributed by atoms with E-state index >= 15 is 0 Å². The fourth-order valence-corrected chi connectivity index (χ4v) is 3.94. The molecule has 0 atom stereocenters. The maximum Gasteiger partial charge on any atom is 0.163 e. The van der Waals surface area contributed by atoms with Crippen LogP contribution < -0.4 is 20.5 Å². The molecule has 0 bridgehead atoms. The average Bonchev–Trinajstić information content (AvgIpc) is 2.92. The summed E-state index contributed by atoms with van der Waals surface area (Å²) in [6.07, 6.45) is 7.46. The highest BCUT2D eigenvalue weighted by Gasteiger charge is 2.13. The summed E-state index contributed by atoms with van der Waals surface area (Å²) in [7, 11) is 1.56. The van der Waals surface area contributed by atoms with Crippen LogP contribution in [-0.4, -0.2) is 35.3 Å². The Morgan fingerprint density at radius 3 is 2.53 bits per heavy atom. The van der Waals surface area contributed by atoms with E-state index in [4.69, 9.17) is 38.4 Å². The predicted molar refractivity (Wildman–Crippen MR) is 167 cm³/mol. The first-order chi connectivity index (χ1) is 18.3. The second-order valence-electron chi connectivity index (χ2n) is 7.41. The molecule has 0 fully saturated rings. The third kappa shape index (κ3) is 10.9. The van der Waals surface area contributed by atoms with Gasteiger partial charge in [-0.25, -0.2) is 15.0 Å². The van der Waals surface area contributed by atoms with Gasteiger partial charge in [0, 0.05) is 17.1 Å². The number of hydrogen-bond acceptors (Lipinski definition) is 8. The van der Waals surface area contributed by atoms with Crippen LogP contribution in [0.25, 0.3) is 10.9 Å². The van der Waals surface area contributed by atoms with Crippen LogP contribution in [0.4, 0.5) is 5.82 Å². The molecule has 1 heterocycles. The zero-order valence-electron chi connectivity index (χ0n) is 22.5. The lowest BCUT2D eigenvalue weighted by Gasteiger charge is -2.14. The Balaban J connectivity index is 0.00000352. The van der Waals surface area contributed by atoms with Gasteiger partial charge in [0.1, 0.15) is 18.8 Å². The number of benzene rings is 1. The fraction of sp³-hybridized carbons (Fsp3) is 0.321. The van der Waals surface area contributed by atoms with Crippen molar-refractivity contribution in [2.75, 3.05) is 25.6 Å². The van der Waals surface area contributed by atoms with Crippen molar-refractivity contribution in [3.8, 4) is 11.5 Å². The van der Waals surface area contributed by atoms with Crippen LogP contribution in [0.15, 0.2) is 82.2 Å². The Labute approximate surface area is 240 Å². The third-order valence-corrected chi connectivity index (χ3v) is 6.29. The molecule has 0 aliphatic heterocycles. The van der Waals surface area contributed by atoms with Gasteiger partial charge in [0.15, 0.2) is 11.5 Å². The first-order valence-corrected chi connectivity index (χ1v) is 13.8. The minimum Gasteiger partial charge on any atom is -0.493 e. The van der Waals surface area contributed by atoms with Gasteiger partial charge in [-0.05, 0) is 50.3 Å². The molecule has 38 heavy (non-hydrogen) atoms. The topological polar surface area (TPSA) is 94.7 Å². The van der Waals surface area contributed by atoms with Crippen molar-refractivity contribution in [2.45, 2.75) is 40.0 Å². The molecule has 206 valence electrons. The first kappa shape index (κ1) is 33.2. The summed E-state index contributed by atoms with van der Waals surface area (Å²) in [6.45, 7) is 18.4. The van der Waals surface area contributed by atoms with Crippen molar-refractivity contribution in [3.63, 3.8) is 0 Å². The van der Waals surface area contributed by atoms with E-state index in [9.17, 15) is 0 Å². The van der Waals surface area contributed by atoms with Gasteiger partial charge in [0.2, 0.25) is 0 Å². The number of thioether (sulfide) groups is 1. The maximum atomic E-state index is 6.18. The largest absolute Gasteiger partial charge is 0.493 e. The number of ether oxygens (including phenoxy) is 2. The van der Waals surface area contributed by atoms with Gasteiger partial charge in [0.25, 0.3) is 0 Å². The summed E-state index contributed by atoms with van der Waals surface area (Å²) in [6, 6.07) is 3.57. The van der Waals surface area contributed by atoms with Crippen LogP contribution in [-0.2, 0) is 0 Å². The van der Waals surface area contributed by atoms with Crippen LogP contribution in [0.2, 0.25) is 0 Å². The molecule has 0 aliphatic rings. The van der Waals surface area contributed by atoms with Crippen molar-refractivity contribution in [3.05, 3.63) is 77.2 Å². The molecule has 0 saturated heterocycles. The van der Waals surface area contributed by atoms with Crippen LogP contribution in [0.3, 0.4) is 0 Å². The molecule has 0 radical (unpaired) electrons. The van der Waals surface area contributed by atoms with Crippen molar-refractivity contribution >= 4 is 56.7 Å². The van der Waals surface area contributed by atoms with Gasteiger partial charge in [0.05, 0.1) is 33.4 Å². The minimum atomic E-state index is 0.182. The molecule has 3 N–H and O–H groups in total. The van der Waals surface area contributed by atoms with E-state index in [1.165, 1.54) is 18.1 Å². The Morgan fingerprint density at radius 2 is 1.89 bits per heavy atom. The van der Waals surface area contributed by atoms with Crippen LogP contribution in [0.1, 0.15) is 40.0 Å². The number of methoxy groups -OCH3 is 1.